The van der Waals surface area contributed by atoms with Crippen LogP contribution in [-0.4, -0.2) is 12.0 Å². The van der Waals surface area contributed by atoms with Crippen LogP contribution in [0.3, 0.4) is 0 Å². The molecule has 0 radical (unpaired) electrons. The Hall–Kier alpha value is -0.240. The van der Waals surface area contributed by atoms with Crippen molar-refractivity contribution >= 4 is 17.5 Å². The molecule has 0 atom stereocenters. The van der Waals surface area contributed by atoms with E-state index in [0.717, 1.165) is 24.2 Å². The maximum absolute atomic E-state index is 10.9. The van der Waals surface area contributed by atoms with Crippen molar-refractivity contribution in [1.82, 2.24) is 0 Å². The molecule has 0 unspecified atom stereocenters. The van der Waals surface area contributed by atoms with E-state index in [1.807, 2.05) is 12.3 Å². The molecule has 0 aromatic heterocycles. The molecule has 1 nitrogen and oxygen atoms in total. The molecule has 0 spiro atoms. The van der Waals surface area contributed by atoms with Gasteiger partial charge in [-0.15, -0.1) is 11.8 Å². The van der Waals surface area contributed by atoms with Crippen molar-refractivity contribution in [3.05, 3.63) is 11.0 Å². The molecule has 1 aliphatic carbocycles. The molecule has 0 saturated heterocycles. The quantitative estimate of drug-likeness (QED) is 0.557. The molecule has 9 heavy (non-hydrogen) atoms. The Morgan fingerprint density at radius 1 is 1.67 bits per heavy atom. The largest absolute Gasteiger partial charge is 0.294 e. The molecule has 0 saturated carbocycles. The highest BCUT2D eigenvalue weighted by molar-refractivity contribution is 8.03. The van der Waals surface area contributed by atoms with Crippen LogP contribution in [0.1, 0.15) is 19.3 Å². The normalized spacial score (nSPS) is 19.7. The summed E-state index contributed by atoms with van der Waals surface area (Å²) in [6, 6.07) is 0. The molecule has 1 rings (SSSR count). The van der Waals surface area contributed by atoms with Crippen molar-refractivity contribution in [3.63, 3.8) is 0 Å². The zero-order valence-electron chi connectivity index (χ0n) is 5.52. The number of rotatable bonds is 1. The average Bonchev–Trinajstić information content (AvgIpc) is 1.89. The third kappa shape index (κ3) is 1.58. The Bertz CT molecular complexity index is 149. The van der Waals surface area contributed by atoms with E-state index in [2.05, 4.69) is 0 Å². The van der Waals surface area contributed by atoms with Crippen LogP contribution in [0.2, 0.25) is 0 Å². The highest BCUT2D eigenvalue weighted by atomic mass is 32.2. The molecular weight excluding hydrogens is 132 g/mol. The Labute approximate surface area is 59.5 Å². The Balaban J connectivity index is 2.64. The highest BCUT2D eigenvalue weighted by Gasteiger charge is 2.10. The lowest BCUT2D eigenvalue weighted by atomic mass is 10.1. The van der Waals surface area contributed by atoms with E-state index in [9.17, 15) is 4.79 Å². The van der Waals surface area contributed by atoms with Crippen molar-refractivity contribution in [2.24, 2.45) is 0 Å². The smallest absolute Gasteiger partial charge is 0.168 e. The van der Waals surface area contributed by atoms with Gasteiger partial charge in [0.2, 0.25) is 0 Å². The molecule has 0 aliphatic heterocycles. The maximum atomic E-state index is 10.9. The number of carbonyl (C=O) groups excluding carboxylic acids is 1. The van der Waals surface area contributed by atoms with Crippen molar-refractivity contribution in [2.75, 3.05) is 6.26 Å². The van der Waals surface area contributed by atoms with Crippen molar-refractivity contribution < 1.29 is 4.79 Å². The summed E-state index contributed by atoms with van der Waals surface area (Å²) in [5.74, 6) is 0.328. The standard InChI is InChI=1S/C7H10OS/c1-9-7-5-3-2-4-6(7)8/h5H,2-4H2,1H3. The Morgan fingerprint density at radius 3 is 2.89 bits per heavy atom. The lowest BCUT2D eigenvalue weighted by Crippen LogP contribution is -2.03. The van der Waals surface area contributed by atoms with Crippen LogP contribution < -0.4 is 0 Å². The summed E-state index contributed by atoms with van der Waals surface area (Å²) >= 11 is 1.57. The number of ketones is 1. The Morgan fingerprint density at radius 2 is 2.44 bits per heavy atom. The SMILES string of the molecule is CSC1=CCCCC1=O. The van der Waals surface area contributed by atoms with E-state index in [4.69, 9.17) is 0 Å². The molecule has 50 valence electrons. The van der Waals surface area contributed by atoms with Gasteiger partial charge in [0.05, 0.1) is 0 Å². The molecule has 0 aromatic rings. The van der Waals surface area contributed by atoms with Crippen LogP contribution in [-0.2, 0) is 4.79 Å². The van der Waals surface area contributed by atoms with Crippen molar-refractivity contribution in [3.8, 4) is 0 Å². The third-order valence-corrected chi connectivity index (χ3v) is 2.27. The number of Topliss-reactive ketones (excluding diaryl/α,β-unsaturated/α-hetero) is 1. The van der Waals surface area contributed by atoms with Crippen LogP contribution in [0.4, 0.5) is 0 Å². The number of thioether (sulfide) groups is 1. The third-order valence-electron chi connectivity index (χ3n) is 1.43. The lowest BCUT2D eigenvalue weighted by Gasteiger charge is -2.07. The van der Waals surface area contributed by atoms with E-state index in [1.165, 1.54) is 0 Å². The fourth-order valence-corrected chi connectivity index (χ4v) is 1.54. The fourth-order valence-electron chi connectivity index (χ4n) is 0.930. The van der Waals surface area contributed by atoms with E-state index >= 15 is 0 Å². The summed E-state index contributed by atoms with van der Waals surface area (Å²) in [4.78, 5) is 11.9. The molecule has 2 heteroatoms. The lowest BCUT2D eigenvalue weighted by molar-refractivity contribution is -0.115. The van der Waals surface area contributed by atoms with Crippen LogP contribution >= 0.6 is 11.8 Å². The summed E-state index contributed by atoms with van der Waals surface area (Å²) in [6.45, 7) is 0. The van der Waals surface area contributed by atoms with Gasteiger partial charge in [-0.05, 0) is 19.1 Å². The minimum absolute atomic E-state index is 0.328. The topological polar surface area (TPSA) is 17.1 Å². The molecule has 0 fully saturated rings. The molecule has 0 amide bonds. The second kappa shape index (κ2) is 3.06. The van der Waals surface area contributed by atoms with Gasteiger partial charge in [0, 0.05) is 11.3 Å². The minimum Gasteiger partial charge on any atom is -0.294 e. The summed E-state index contributed by atoms with van der Waals surface area (Å²) < 4.78 is 0. The molecule has 0 heterocycles. The summed E-state index contributed by atoms with van der Waals surface area (Å²) in [6.07, 6.45) is 6.88. The van der Waals surface area contributed by atoms with Gasteiger partial charge in [0.25, 0.3) is 0 Å². The fraction of sp³-hybridized carbons (Fsp3) is 0.571. The predicted molar refractivity (Wildman–Crippen MR) is 40.5 cm³/mol. The molecular formula is C7H10OS. The van der Waals surface area contributed by atoms with E-state index in [-0.39, 0.29) is 0 Å². The van der Waals surface area contributed by atoms with Gasteiger partial charge in [0.1, 0.15) is 0 Å². The minimum atomic E-state index is 0.328. The zero-order chi connectivity index (χ0) is 6.69. The zero-order valence-corrected chi connectivity index (χ0v) is 6.33. The number of carbonyl (C=O) groups is 1. The van der Waals surface area contributed by atoms with Crippen molar-refractivity contribution in [2.45, 2.75) is 19.3 Å². The first-order valence-corrected chi connectivity index (χ1v) is 4.34. The van der Waals surface area contributed by atoms with E-state index < -0.39 is 0 Å². The van der Waals surface area contributed by atoms with Crippen LogP contribution in [0.5, 0.6) is 0 Å². The Kier molecular flexibility index (Phi) is 2.34. The maximum Gasteiger partial charge on any atom is 0.168 e. The van der Waals surface area contributed by atoms with Crippen molar-refractivity contribution in [1.29, 1.82) is 0 Å². The van der Waals surface area contributed by atoms with E-state index in [0.29, 0.717) is 5.78 Å². The predicted octanol–water partition coefficient (Wildman–Crippen LogP) is 1.99. The van der Waals surface area contributed by atoms with Crippen LogP contribution in [0.15, 0.2) is 11.0 Å². The van der Waals surface area contributed by atoms with Gasteiger partial charge in [-0.2, -0.15) is 0 Å². The number of allylic oxidation sites excluding steroid dienone is 2. The highest BCUT2D eigenvalue weighted by Crippen LogP contribution is 2.21. The first-order chi connectivity index (χ1) is 4.34. The van der Waals surface area contributed by atoms with Gasteiger partial charge in [0.15, 0.2) is 5.78 Å². The number of hydrogen-bond acceptors (Lipinski definition) is 2. The van der Waals surface area contributed by atoms with Gasteiger partial charge >= 0.3 is 0 Å². The van der Waals surface area contributed by atoms with Gasteiger partial charge < -0.3 is 0 Å². The number of hydrogen-bond donors (Lipinski definition) is 0. The average molecular weight is 142 g/mol. The molecule has 0 bridgehead atoms. The molecule has 0 N–H and O–H groups in total. The molecule has 0 aromatic carbocycles. The summed E-state index contributed by atoms with van der Waals surface area (Å²) in [5.41, 5.74) is 0. The second-order valence-electron chi connectivity index (χ2n) is 2.09. The summed E-state index contributed by atoms with van der Waals surface area (Å²) in [7, 11) is 0. The first-order valence-electron chi connectivity index (χ1n) is 3.12. The van der Waals surface area contributed by atoms with E-state index in [1.54, 1.807) is 11.8 Å². The summed E-state index contributed by atoms with van der Waals surface area (Å²) in [5, 5.41) is 0. The van der Waals surface area contributed by atoms with Gasteiger partial charge in [-0.25, -0.2) is 0 Å². The van der Waals surface area contributed by atoms with Gasteiger partial charge in [-0.3, -0.25) is 4.79 Å². The van der Waals surface area contributed by atoms with Gasteiger partial charge in [-0.1, -0.05) is 6.08 Å². The second-order valence-corrected chi connectivity index (χ2v) is 2.94. The first kappa shape index (κ1) is 6.87. The molecule has 1 aliphatic rings. The van der Waals surface area contributed by atoms with Crippen LogP contribution in [0, 0.1) is 0 Å². The monoisotopic (exact) mass is 142 g/mol. The van der Waals surface area contributed by atoms with Crippen LogP contribution in [0.25, 0.3) is 0 Å².